The van der Waals surface area contributed by atoms with Gasteiger partial charge in [0.1, 0.15) is 5.82 Å². The van der Waals surface area contributed by atoms with Gasteiger partial charge in [-0.15, -0.1) is 0 Å². The predicted octanol–water partition coefficient (Wildman–Crippen LogP) is 3.26. The minimum atomic E-state index is -0.860. The van der Waals surface area contributed by atoms with Crippen molar-refractivity contribution in [3.05, 3.63) is 35.1 Å². The first-order valence-electron chi connectivity index (χ1n) is 7.85. The molecule has 2 nitrogen and oxygen atoms in total. The first kappa shape index (κ1) is 14.0. The maximum absolute atomic E-state index is 14.0. The first-order valence-corrected chi connectivity index (χ1v) is 9.00. The molecule has 3 aliphatic rings. The van der Waals surface area contributed by atoms with E-state index in [1.165, 1.54) is 6.07 Å². The van der Waals surface area contributed by atoms with Crippen molar-refractivity contribution in [1.29, 1.82) is 0 Å². The van der Waals surface area contributed by atoms with Crippen molar-refractivity contribution in [2.75, 3.05) is 18.1 Å². The van der Waals surface area contributed by atoms with E-state index < -0.39 is 5.60 Å². The first-order chi connectivity index (χ1) is 10.1. The molecule has 21 heavy (non-hydrogen) atoms. The van der Waals surface area contributed by atoms with Crippen LogP contribution in [0.1, 0.15) is 36.8 Å². The van der Waals surface area contributed by atoms with Gasteiger partial charge in [0.15, 0.2) is 0 Å². The van der Waals surface area contributed by atoms with Crippen LogP contribution >= 0.6 is 11.8 Å². The summed E-state index contributed by atoms with van der Waals surface area (Å²) >= 11 is 1.94. The third kappa shape index (κ3) is 2.14. The lowest BCUT2D eigenvalue weighted by Crippen LogP contribution is -2.46. The number of halogens is 1. The van der Waals surface area contributed by atoms with Crippen LogP contribution in [-0.4, -0.2) is 28.8 Å². The fourth-order valence-electron chi connectivity index (χ4n) is 4.39. The van der Waals surface area contributed by atoms with Gasteiger partial charge in [0, 0.05) is 12.4 Å². The summed E-state index contributed by atoms with van der Waals surface area (Å²) in [6.45, 7) is 0.720. The Morgan fingerprint density at radius 2 is 2.24 bits per heavy atom. The summed E-state index contributed by atoms with van der Waals surface area (Å²) in [5.41, 5.74) is 0.650. The summed E-state index contributed by atoms with van der Waals surface area (Å²) < 4.78 is 20.0. The zero-order valence-corrected chi connectivity index (χ0v) is 12.9. The van der Waals surface area contributed by atoms with Crippen molar-refractivity contribution in [1.82, 2.24) is 0 Å². The summed E-state index contributed by atoms with van der Waals surface area (Å²) in [5, 5.41) is 11.3. The van der Waals surface area contributed by atoms with Crippen LogP contribution in [0.4, 0.5) is 4.39 Å². The molecule has 4 rings (SSSR count). The van der Waals surface area contributed by atoms with Gasteiger partial charge in [-0.25, -0.2) is 4.39 Å². The highest BCUT2D eigenvalue weighted by molar-refractivity contribution is 7.99. The summed E-state index contributed by atoms with van der Waals surface area (Å²) in [4.78, 5) is 0. The smallest absolute Gasteiger partial charge is 0.126 e. The normalized spacial score (nSPS) is 38.9. The lowest BCUT2D eigenvalue weighted by atomic mass is 9.73. The van der Waals surface area contributed by atoms with Crippen molar-refractivity contribution in [2.45, 2.75) is 43.3 Å². The molecule has 1 aromatic rings. The van der Waals surface area contributed by atoms with Crippen molar-refractivity contribution in [2.24, 2.45) is 5.92 Å². The van der Waals surface area contributed by atoms with Crippen LogP contribution in [0.5, 0.6) is 0 Å². The fraction of sp³-hybridized carbons (Fsp3) is 0.647. The third-order valence-corrected chi connectivity index (χ3v) is 6.80. The second-order valence-corrected chi connectivity index (χ2v) is 7.82. The molecule has 3 atom stereocenters. The van der Waals surface area contributed by atoms with E-state index >= 15 is 0 Å². The molecule has 1 N–H and O–H groups in total. The van der Waals surface area contributed by atoms with E-state index in [0.29, 0.717) is 12.8 Å². The average molecular weight is 308 g/mol. The highest BCUT2D eigenvalue weighted by Crippen LogP contribution is 2.51. The van der Waals surface area contributed by atoms with Gasteiger partial charge in [0.2, 0.25) is 0 Å². The number of benzene rings is 1. The van der Waals surface area contributed by atoms with Crippen LogP contribution < -0.4 is 0 Å². The van der Waals surface area contributed by atoms with E-state index in [-0.39, 0.29) is 17.3 Å². The van der Waals surface area contributed by atoms with E-state index in [1.54, 1.807) is 6.07 Å². The van der Waals surface area contributed by atoms with Crippen LogP contribution in [0, 0.1) is 11.7 Å². The SMILES string of the molecule is OC1(C2CCOC3(CCSC3)C2)CCc2c(F)cccc21. The predicted molar refractivity (Wildman–Crippen MR) is 82.0 cm³/mol. The molecule has 0 saturated carbocycles. The maximum Gasteiger partial charge on any atom is 0.126 e. The van der Waals surface area contributed by atoms with Gasteiger partial charge in [0.25, 0.3) is 0 Å². The minimum Gasteiger partial charge on any atom is -0.385 e. The zero-order chi connectivity index (χ0) is 14.5. The van der Waals surface area contributed by atoms with Crippen molar-refractivity contribution in [3.8, 4) is 0 Å². The molecule has 2 aliphatic heterocycles. The van der Waals surface area contributed by atoms with E-state index in [1.807, 2.05) is 17.8 Å². The van der Waals surface area contributed by atoms with Gasteiger partial charge in [-0.05, 0) is 61.0 Å². The molecule has 1 aromatic carbocycles. The van der Waals surface area contributed by atoms with Gasteiger partial charge in [-0.2, -0.15) is 11.8 Å². The van der Waals surface area contributed by atoms with Crippen LogP contribution in [0.25, 0.3) is 0 Å². The fourth-order valence-corrected chi connectivity index (χ4v) is 5.77. The highest BCUT2D eigenvalue weighted by atomic mass is 32.2. The Morgan fingerprint density at radius 1 is 1.33 bits per heavy atom. The summed E-state index contributed by atoms with van der Waals surface area (Å²) in [5.74, 6) is 2.21. The molecule has 0 amide bonds. The largest absolute Gasteiger partial charge is 0.385 e. The monoisotopic (exact) mass is 308 g/mol. The van der Waals surface area contributed by atoms with E-state index in [2.05, 4.69) is 0 Å². The van der Waals surface area contributed by atoms with E-state index in [9.17, 15) is 9.50 Å². The van der Waals surface area contributed by atoms with E-state index in [4.69, 9.17) is 4.74 Å². The number of fused-ring (bicyclic) bond motifs is 1. The summed E-state index contributed by atoms with van der Waals surface area (Å²) in [7, 11) is 0. The third-order valence-electron chi connectivity index (χ3n) is 5.58. The Hall–Kier alpha value is -0.580. The molecule has 114 valence electrons. The number of thioether (sulfide) groups is 1. The van der Waals surface area contributed by atoms with Crippen molar-refractivity contribution >= 4 is 11.8 Å². The molecule has 2 heterocycles. The average Bonchev–Trinajstić information content (AvgIpc) is 3.07. The molecular formula is C17H21FO2S. The molecule has 0 radical (unpaired) electrons. The molecule has 4 heteroatoms. The van der Waals surface area contributed by atoms with Crippen molar-refractivity contribution in [3.63, 3.8) is 0 Å². The van der Waals surface area contributed by atoms with Crippen LogP contribution in [-0.2, 0) is 16.8 Å². The number of ether oxygens (including phenoxy) is 1. The van der Waals surface area contributed by atoms with Gasteiger partial charge < -0.3 is 9.84 Å². The van der Waals surface area contributed by atoms with E-state index in [0.717, 1.165) is 48.5 Å². The summed E-state index contributed by atoms with van der Waals surface area (Å²) in [6, 6.07) is 5.14. The molecule has 1 spiro atoms. The Bertz CT molecular complexity index is 556. The Balaban J connectivity index is 1.66. The number of hydrogen-bond donors (Lipinski definition) is 1. The number of aliphatic hydroxyl groups is 1. The van der Waals surface area contributed by atoms with Gasteiger partial charge in [-0.1, -0.05) is 12.1 Å². The number of hydrogen-bond acceptors (Lipinski definition) is 3. The van der Waals surface area contributed by atoms with Gasteiger partial charge in [-0.3, -0.25) is 0 Å². The molecule has 0 aromatic heterocycles. The van der Waals surface area contributed by atoms with Crippen LogP contribution in [0.3, 0.4) is 0 Å². The maximum atomic E-state index is 14.0. The standard InChI is InChI=1S/C17H21FO2S/c18-15-3-1-2-14-13(15)4-6-17(14,19)12-5-8-20-16(10-12)7-9-21-11-16/h1-3,12,19H,4-11H2. The van der Waals surface area contributed by atoms with Crippen molar-refractivity contribution < 1.29 is 14.2 Å². The lowest BCUT2D eigenvalue weighted by Gasteiger charge is -2.44. The second-order valence-electron chi connectivity index (χ2n) is 6.71. The molecule has 0 bridgehead atoms. The van der Waals surface area contributed by atoms with Crippen LogP contribution in [0.2, 0.25) is 0 Å². The molecule has 2 fully saturated rings. The molecule has 3 unspecified atom stereocenters. The minimum absolute atomic E-state index is 0.0423. The Labute approximate surface area is 129 Å². The second kappa shape index (κ2) is 4.97. The van der Waals surface area contributed by atoms with Gasteiger partial charge >= 0.3 is 0 Å². The van der Waals surface area contributed by atoms with Crippen LogP contribution in [0.15, 0.2) is 18.2 Å². The highest BCUT2D eigenvalue weighted by Gasteiger charge is 2.50. The topological polar surface area (TPSA) is 29.5 Å². The number of rotatable bonds is 1. The zero-order valence-electron chi connectivity index (χ0n) is 12.1. The van der Waals surface area contributed by atoms with Gasteiger partial charge in [0.05, 0.1) is 11.2 Å². The Kier molecular flexibility index (Phi) is 3.32. The quantitative estimate of drug-likeness (QED) is 0.863. The molecule has 1 aliphatic carbocycles. The lowest BCUT2D eigenvalue weighted by molar-refractivity contribution is -0.134. The Morgan fingerprint density at radius 3 is 3.05 bits per heavy atom. The molecular weight excluding hydrogens is 287 g/mol. The molecule has 2 saturated heterocycles. The summed E-state index contributed by atoms with van der Waals surface area (Å²) in [6.07, 6.45) is 4.17.